The van der Waals surface area contributed by atoms with Crippen LogP contribution in [-0.4, -0.2) is 35.9 Å². The van der Waals surface area contributed by atoms with E-state index < -0.39 is 0 Å². The fraction of sp³-hybridized carbons (Fsp3) is 0.400. The Hall–Kier alpha value is -2.38. The van der Waals surface area contributed by atoms with Crippen LogP contribution in [0.4, 0.5) is 0 Å². The smallest absolute Gasteiger partial charge is 0.257 e. The molecule has 2 aromatic heterocycles. The maximum atomic E-state index is 5.98. The number of aromatic nitrogens is 2. The number of likely N-dealkylation sites (tertiary alicyclic amines) is 1. The molecule has 0 amide bonds. The summed E-state index contributed by atoms with van der Waals surface area (Å²) in [5, 5.41) is 10.6. The average molecular weight is 385 g/mol. The molecule has 1 aromatic carbocycles. The Bertz CT molecular complexity index is 894. The van der Waals surface area contributed by atoms with Crippen LogP contribution >= 0.6 is 11.3 Å². The molecule has 0 radical (unpaired) electrons. The molecule has 0 spiro atoms. The van der Waals surface area contributed by atoms with E-state index in [0.717, 1.165) is 41.3 Å². The first-order valence-corrected chi connectivity index (χ1v) is 9.94. The van der Waals surface area contributed by atoms with Crippen molar-refractivity contribution >= 4 is 11.3 Å². The Morgan fingerprint density at radius 1 is 1.22 bits per heavy atom. The molecule has 2 atom stereocenters. The van der Waals surface area contributed by atoms with Crippen molar-refractivity contribution in [3.8, 4) is 22.3 Å². The van der Waals surface area contributed by atoms with Crippen LogP contribution in [0.1, 0.15) is 43.3 Å². The minimum atomic E-state index is 0.0228. The van der Waals surface area contributed by atoms with Gasteiger partial charge in [0.25, 0.3) is 5.89 Å². The summed E-state index contributed by atoms with van der Waals surface area (Å²) in [6, 6.07) is 10.2. The molecule has 6 nitrogen and oxygen atoms in total. The van der Waals surface area contributed by atoms with Gasteiger partial charge in [0.05, 0.1) is 25.1 Å². The van der Waals surface area contributed by atoms with E-state index in [1.165, 1.54) is 0 Å². The number of nitrogens with zero attached hydrogens (tertiary/aromatic N) is 3. The van der Waals surface area contributed by atoms with Crippen LogP contribution in [0.2, 0.25) is 0 Å². The Morgan fingerprint density at radius 3 is 2.85 bits per heavy atom. The van der Waals surface area contributed by atoms with Crippen molar-refractivity contribution < 1.29 is 13.9 Å². The van der Waals surface area contributed by atoms with Crippen molar-refractivity contribution in [2.75, 3.05) is 20.8 Å². The molecule has 0 aliphatic carbocycles. The van der Waals surface area contributed by atoms with Crippen molar-refractivity contribution in [2.24, 2.45) is 0 Å². The van der Waals surface area contributed by atoms with E-state index >= 15 is 0 Å². The molecule has 1 fully saturated rings. The van der Waals surface area contributed by atoms with E-state index in [-0.39, 0.29) is 12.1 Å². The first-order valence-electron chi connectivity index (χ1n) is 9.06. The van der Waals surface area contributed by atoms with Gasteiger partial charge in [-0.1, -0.05) is 6.07 Å². The van der Waals surface area contributed by atoms with Gasteiger partial charge in [-0.25, -0.2) is 0 Å². The summed E-state index contributed by atoms with van der Waals surface area (Å²) in [7, 11) is 3.39. The number of hydrogen-bond donors (Lipinski definition) is 0. The standard InChI is InChI=1S/C20H23N3O3S/c1-13(19-21-22-20(26-19)18-7-5-11-27-18)23-10-4-6-16(23)15-12-14(24-2)8-9-17(15)25-3/h5,7-9,11-13,16H,4,6,10H2,1-3H3. The van der Waals surface area contributed by atoms with Crippen LogP contribution < -0.4 is 9.47 Å². The van der Waals surface area contributed by atoms with E-state index in [2.05, 4.69) is 28.1 Å². The van der Waals surface area contributed by atoms with Gasteiger partial charge in [-0.2, -0.15) is 0 Å². The van der Waals surface area contributed by atoms with Crippen molar-refractivity contribution in [1.29, 1.82) is 0 Å². The summed E-state index contributed by atoms with van der Waals surface area (Å²) in [5.74, 6) is 2.95. The molecular formula is C20H23N3O3S. The van der Waals surface area contributed by atoms with Crippen LogP contribution in [-0.2, 0) is 0 Å². The fourth-order valence-corrected chi connectivity index (χ4v) is 4.38. The predicted octanol–water partition coefficient (Wildman–Crippen LogP) is 4.71. The van der Waals surface area contributed by atoms with E-state index in [1.54, 1.807) is 25.6 Å². The molecule has 1 saturated heterocycles. The molecule has 2 unspecified atom stereocenters. The van der Waals surface area contributed by atoms with Crippen molar-refractivity contribution in [1.82, 2.24) is 15.1 Å². The van der Waals surface area contributed by atoms with Gasteiger partial charge in [-0.3, -0.25) is 4.90 Å². The third kappa shape index (κ3) is 3.44. The lowest BCUT2D eigenvalue weighted by atomic mass is 10.0. The first kappa shape index (κ1) is 18.0. The van der Waals surface area contributed by atoms with E-state index in [1.807, 2.05) is 29.6 Å². The maximum Gasteiger partial charge on any atom is 0.257 e. The minimum absolute atomic E-state index is 0.0228. The fourth-order valence-electron chi connectivity index (χ4n) is 3.73. The van der Waals surface area contributed by atoms with Gasteiger partial charge in [0.1, 0.15) is 11.5 Å². The van der Waals surface area contributed by atoms with Crippen molar-refractivity contribution in [3.05, 3.63) is 47.2 Å². The van der Waals surface area contributed by atoms with Crippen molar-refractivity contribution in [3.63, 3.8) is 0 Å². The van der Waals surface area contributed by atoms with Crippen LogP contribution in [0.15, 0.2) is 40.1 Å². The maximum absolute atomic E-state index is 5.98. The molecular weight excluding hydrogens is 362 g/mol. The minimum Gasteiger partial charge on any atom is -0.497 e. The molecule has 1 aliphatic rings. The molecule has 142 valence electrons. The third-order valence-corrected chi connectivity index (χ3v) is 5.98. The van der Waals surface area contributed by atoms with E-state index in [4.69, 9.17) is 13.9 Å². The number of benzene rings is 1. The van der Waals surface area contributed by atoms with Crippen LogP contribution in [0, 0.1) is 0 Å². The Kier molecular flexibility index (Phi) is 5.13. The lowest BCUT2D eigenvalue weighted by Gasteiger charge is -2.29. The Labute approximate surface area is 162 Å². The van der Waals surface area contributed by atoms with Crippen molar-refractivity contribution in [2.45, 2.75) is 31.8 Å². The average Bonchev–Trinajstić information content (AvgIpc) is 3.47. The number of rotatable bonds is 6. The molecule has 27 heavy (non-hydrogen) atoms. The lowest BCUT2D eigenvalue weighted by molar-refractivity contribution is 0.166. The topological polar surface area (TPSA) is 60.6 Å². The van der Waals surface area contributed by atoms with Crippen LogP contribution in [0.5, 0.6) is 11.5 Å². The molecule has 0 saturated carbocycles. The van der Waals surface area contributed by atoms with Gasteiger partial charge in [0.2, 0.25) is 5.89 Å². The molecule has 1 aliphatic heterocycles. The van der Waals surface area contributed by atoms with Gasteiger partial charge in [0.15, 0.2) is 0 Å². The first-order chi connectivity index (χ1) is 13.2. The van der Waals surface area contributed by atoms with Gasteiger partial charge >= 0.3 is 0 Å². The second kappa shape index (κ2) is 7.70. The van der Waals surface area contributed by atoms with Gasteiger partial charge < -0.3 is 13.9 Å². The zero-order chi connectivity index (χ0) is 18.8. The molecule has 3 heterocycles. The molecule has 3 aromatic rings. The van der Waals surface area contributed by atoms with Crippen LogP contribution in [0.3, 0.4) is 0 Å². The summed E-state index contributed by atoms with van der Waals surface area (Å²) in [6.07, 6.45) is 2.17. The highest BCUT2D eigenvalue weighted by molar-refractivity contribution is 7.13. The molecule has 0 N–H and O–H groups in total. The lowest BCUT2D eigenvalue weighted by Crippen LogP contribution is -2.27. The number of hydrogen-bond acceptors (Lipinski definition) is 7. The summed E-state index contributed by atoms with van der Waals surface area (Å²) in [6.45, 7) is 3.10. The second-order valence-electron chi connectivity index (χ2n) is 6.60. The Morgan fingerprint density at radius 2 is 2.11 bits per heavy atom. The second-order valence-corrected chi connectivity index (χ2v) is 7.55. The SMILES string of the molecule is COc1ccc(OC)c(C2CCCN2C(C)c2nnc(-c3cccs3)o2)c1. The highest BCUT2D eigenvalue weighted by atomic mass is 32.1. The summed E-state index contributed by atoms with van der Waals surface area (Å²) < 4.78 is 17.0. The van der Waals surface area contributed by atoms with E-state index in [9.17, 15) is 0 Å². The molecule has 0 bridgehead atoms. The van der Waals surface area contributed by atoms with Gasteiger partial charge in [-0.15, -0.1) is 21.5 Å². The summed E-state index contributed by atoms with van der Waals surface area (Å²) >= 11 is 1.60. The number of thiophene rings is 1. The highest BCUT2D eigenvalue weighted by Crippen LogP contribution is 2.43. The summed E-state index contributed by atoms with van der Waals surface area (Å²) in [5.41, 5.74) is 1.14. The number of methoxy groups -OCH3 is 2. The highest BCUT2D eigenvalue weighted by Gasteiger charge is 2.34. The zero-order valence-electron chi connectivity index (χ0n) is 15.7. The summed E-state index contributed by atoms with van der Waals surface area (Å²) in [4.78, 5) is 3.40. The predicted molar refractivity (Wildman–Crippen MR) is 104 cm³/mol. The quantitative estimate of drug-likeness (QED) is 0.612. The number of ether oxygens (including phenoxy) is 2. The monoisotopic (exact) mass is 385 g/mol. The van der Waals surface area contributed by atoms with Gasteiger partial charge in [0, 0.05) is 11.6 Å². The normalized spacial score (nSPS) is 18.6. The third-order valence-electron chi connectivity index (χ3n) is 5.12. The zero-order valence-corrected chi connectivity index (χ0v) is 16.5. The molecule has 4 rings (SSSR count). The molecule has 7 heteroatoms. The Balaban J connectivity index is 1.62. The van der Waals surface area contributed by atoms with Crippen LogP contribution in [0.25, 0.3) is 10.8 Å². The largest absolute Gasteiger partial charge is 0.497 e. The van der Waals surface area contributed by atoms with E-state index in [0.29, 0.717) is 11.8 Å². The van der Waals surface area contributed by atoms with Gasteiger partial charge in [-0.05, 0) is 56.0 Å².